The molecule has 1 saturated heterocycles. The van der Waals surface area contributed by atoms with Crippen molar-refractivity contribution >= 4 is 22.8 Å². The molecule has 0 aliphatic carbocycles. The maximum Gasteiger partial charge on any atom is 0.222 e. The van der Waals surface area contributed by atoms with E-state index in [4.69, 9.17) is 20.9 Å². The summed E-state index contributed by atoms with van der Waals surface area (Å²) in [6, 6.07) is 6.23. The van der Waals surface area contributed by atoms with E-state index < -0.39 is 0 Å². The summed E-state index contributed by atoms with van der Waals surface area (Å²) in [5.74, 6) is 1.26. The van der Waals surface area contributed by atoms with Crippen molar-refractivity contribution in [1.82, 2.24) is 25.1 Å². The standard InChI is InChI=1S/C20H27N7O2/c1-20(5-7-29-8-6-20)23-10-13-3-4-14(16(9-13)28-2)12-27-17-15(11-24-27)25-19(22)26-18(17)21/h3-4,9,11,23H,5-8,10,12H2,1-2H3,(H4,21,22,25,26). The van der Waals surface area contributed by atoms with Crippen LogP contribution in [0.3, 0.4) is 0 Å². The molecule has 5 N–H and O–H groups in total. The minimum absolute atomic E-state index is 0.109. The summed E-state index contributed by atoms with van der Waals surface area (Å²) < 4.78 is 12.9. The maximum absolute atomic E-state index is 6.03. The highest BCUT2D eigenvalue weighted by atomic mass is 16.5. The molecule has 2 aromatic heterocycles. The summed E-state index contributed by atoms with van der Waals surface area (Å²) >= 11 is 0. The predicted octanol–water partition coefficient (Wildman–Crippen LogP) is 1.71. The number of anilines is 2. The van der Waals surface area contributed by atoms with Gasteiger partial charge >= 0.3 is 0 Å². The number of methoxy groups -OCH3 is 1. The van der Waals surface area contributed by atoms with E-state index in [-0.39, 0.29) is 11.5 Å². The first-order valence-electron chi connectivity index (χ1n) is 9.70. The molecule has 1 aromatic carbocycles. The lowest BCUT2D eigenvalue weighted by Gasteiger charge is -2.34. The molecular formula is C20H27N7O2. The van der Waals surface area contributed by atoms with Crippen molar-refractivity contribution in [3.8, 4) is 5.75 Å². The Morgan fingerprint density at radius 2 is 2.03 bits per heavy atom. The lowest BCUT2D eigenvalue weighted by Crippen LogP contribution is -2.46. The number of rotatable bonds is 6. The Hall–Kier alpha value is -2.91. The SMILES string of the molecule is COc1cc(CNC2(C)CCOCC2)ccc1Cn1ncc2nc(N)nc(N)c21. The number of nitrogens with one attached hydrogen (secondary N) is 1. The van der Waals surface area contributed by atoms with Gasteiger partial charge in [-0.25, -0.2) is 4.98 Å². The van der Waals surface area contributed by atoms with E-state index in [0.29, 0.717) is 23.4 Å². The normalized spacial score (nSPS) is 16.2. The molecule has 0 radical (unpaired) electrons. The van der Waals surface area contributed by atoms with Crippen molar-refractivity contribution in [3.05, 3.63) is 35.5 Å². The number of hydrogen-bond donors (Lipinski definition) is 3. The van der Waals surface area contributed by atoms with E-state index in [1.807, 2.05) is 0 Å². The Balaban J connectivity index is 1.53. The Morgan fingerprint density at radius 1 is 1.24 bits per heavy atom. The van der Waals surface area contributed by atoms with Crippen LogP contribution in [0.1, 0.15) is 30.9 Å². The number of ether oxygens (including phenoxy) is 2. The first kappa shape index (κ1) is 19.4. The van der Waals surface area contributed by atoms with Gasteiger partial charge in [0.05, 0.1) is 19.9 Å². The summed E-state index contributed by atoms with van der Waals surface area (Å²) in [6.45, 7) is 5.14. The number of fused-ring (bicyclic) bond motifs is 1. The smallest absolute Gasteiger partial charge is 0.222 e. The Morgan fingerprint density at radius 3 is 2.79 bits per heavy atom. The van der Waals surface area contributed by atoms with E-state index in [9.17, 15) is 0 Å². The molecule has 9 nitrogen and oxygen atoms in total. The topological polar surface area (TPSA) is 126 Å². The van der Waals surface area contributed by atoms with Crippen molar-refractivity contribution in [2.75, 3.05) is 31.8 Å². The van der Waals surface area contributed by atoms with Gasteiger partial charge in [0.15, 0.2) is 5.82 Å². The minimum atomic E-state index is 0.109. The quantitative estimate of drug-likeness (QED) is 0.574. The molecule has 0 bridgehead atoms. The van der Waals surface area contributed by atoms with Gasteiger partial charge in [0.25, 0.3) is 0 Å². The summed E-state index contributed by atoms with van der Waals surface area (Å²) in [6.07, 6.45) is 3.67. The van der Waals surface area contributed by atoms with Gasteiger partial charge in [0, 0.05) is 30.9 Å². The fourth-order valence-electron chi connectivity index (χ4n) is 3.67. The lowest BCUT2D eigenvalue weighted by molar-refractivity contribution is 0.0446. The second kappa shape index (κ2) is 7.84. The zero-order chi connectivity index (χ0) is 20.4. The number of nitrogens with two attached hydrogens (primary N) is 2. The highest BCUT2D eigenvalue weighted by Gasteiger charge is 2.26. The molecule has 1 aliphatic rings. The van der Waals surface area contributed by atoms with Crippen LogP contribution in [0.15, 0.2) is 24.4 Å². The Kier molecular flexibility index (Phi) is 5.25. The largest absolute Gasteiger partial charge is 0.496 e. The number of nitrogens with zero attached hydrogens (tertiary/aromatic N) is 4. The highest BCUT2D eigenvalue weighted by Crippen LogP contribution is 2.26. The van der Waals surface area contributed by atoms with Crippen molar-refractivity contribution in [2.45, 2.75) is 38.4 Å². The first-order valence-corrected chi connectivity index (χ1v) is 9.70. The van der Waals surface area contributed by atoms with E-state index >= 15 is 0 Å². The zero-order valence-electron chi connectivity index (χ0n) is 16.8. The first-order chi connectivity index (χ1) is 14.0. The Labute approximate surface area is 169 Å². The van der Waals surface area contributed by atoms with Crippen LogP contribution in [0.2, 0.25) is 0 Å². The molecule has 1 fully saturated rings. The molecule has 1 aliphatic heterocycles. The van der Waals surface area contributed by atoms with E-state index in [0.717, 1.165) is 43.9 Å². The third kappa shape index (κ3) is 4.10. The van der Waals surface area contributed by atoms with Gasteiger partial charge in [-0.1, -0.05) is 12.1 Å². The maximum atomic E-state index is 6.03. The summed E-state index contributed by atoms with van der Waals surface area (Å²) in [4.78, 5) is 8.23. The van der Waals surface area contributed by atoms with Crippen LogP contribution in [0.25, 0.3) is 11.0 Å². The summed E-state index contributed by atoms with van der Waals surface area (Å²) in [7, 11) is 1.68. The fraction of sp³-hybridized carbons (Fsp3) is 0.450. The Bertz CT molecular complexity index is 1010. The van der Waals surface area contributed by atoms with Crippen molar-refractivity contribution in [1.29, 1.82) is 0 Å². The third-order valence-corrected chi connectivity index (χ3v) is 5.52. The fourth-order valence-corrected chi connectivity index (χ4v) is 3.67. The van der Waals surface area contributed by atoms with Gasteiger partial charge in [-0.2, -0.15) is 10.1 Å². The van der Waals surface area contributed by atoms with E-state index in [2.05, 4.69) is 45.5 Å². The van der Waals surface area contributed by atoms with Gasteiger partial charge in [-0.05, 0) is 31.4 Å². The molecule has 3 heterocycles. The average Bonchev–Trinajstić information content (AvgIpc) is 3.10. The van der Waals surface area contributed by atoms with Gasteiger partial charge in [0.2, 0.25) is 5.95 Å². The van der Waals surface area contributed by atoms with Crippen LogP contribution in [-0.2, 0) is 17.8 Å². The number of aromatic nitrogens is 4. The molecule has 4 rings (SSSR count). The molecule has 9 heteroatoms. The monoisotopic (exact) mass is 397 g/mol. The predicted molar refractivity (Wildman–Crippen MR) is 112 cm³/mol. The number of hydrogen-bond acceptors (Lipinski definition) is 8. The van der Waals surface area contributed by atoms with Crippen LogP contribution >= 0.6 is 0 Å². The third-order valence-electron chi connectivity index (χ3n) is 5.52. The molecule has 154 valence electrons. The van der Waals surface area contributed by atoms with Crippen LogP contribution < -0.4 is 21.5 Å². The van der Waals surface area contributed by atoms with Crippen LogP contribution in [-0.4, -0.2) is 45.6 Å². The summed E-state index contributed by atoms with van der Waals surface area (Å²) in [5.41, 5.74) is 15.3. The van der Waals surface area contributed by atoms with Gasteiger partial charge in [-0.15, -0.1) is 0 Å². The number of benzene rings is 1. The molecule has 29 heavy (non-hydrogen) atoms. The molecular weight excluding hydrogens is 370 g/mol. The molecule has 0 saturated carbocycles. The molecule has 0 spiro atoms. The molecule has 0 amide bonds. The lowest BCUT2D eigenvalue weighted by atomic mass is 9.92. The van der Waals surface area contributed by atoms with Gasteiger partial charge in [-0.3, -0.25) is 4.68 Å². The van der Waals surface area contributed by atoms with Crippen molar-refractivity contribution in [3.63, 3.8) is 0 Å². The van der Waals surface area contributed by atoms with Gasteiger partial charge < -0.3 is 26.3 Å². The summed E-state index contributed by atoms with van der Waals surface area (Å²) in [5, 5.41) is 8.07. The van der Waals surface area contributed by atoms with Gasteiger partial charge in [0.1, 0.15) is 16.8 Å². The molecule has 0 atom stereocenters. The van der Waals surface area contributed by atoms with Crippen molar-refractivity contribution in [2.24, 2.45) is 0 Å². The second-order valence-electron chi connectivity index (χ2n) is 7.68. The average molecular weight is 397 g/mol. The number of nitrogen functional groups attached to an aromatic ring is 2. The van der Waals surface area contributed by atoms with Crippen LogP contribution in [0.5, 0.6) is 5.75 Å². The highest BCUT2D eigenvalue weighted by molar-refractivity contribution is 5.85. The van der Waals surface area contributed by atoms with Crippen LogP contribution in [0, 0.1) is 0 Å². The minimum Gasteiger partial charge on any atom is -0.496 e. The van der Waals surface area contributed by atoms with E-state index in [1.54, 1.807) is 18.0 Å². The zero-order valence-corrected chi connectivity index (χ0v) is 16.8. The van der Waals surface area contributed by atoms with Crippen molar-refractivity contribution < 1.29 is 9.47 Å². The van der Waals surface area contributed by atoms with E-state index in [1.165, 1.54) is 5.56 Å². The molecule has 0 unspecified atom stereocenters. The van der Waals surface area contributed by atoms with Crippen LogP contribution in [0.4, 0.5) is 11.8 Å². The second-order valence-corrected chi connectivity index (χ2v) is 7.68. The molecule has 3 aromatic rings.